The third-order valence-corrected chi connectivity index (χ3v) is 9.01. The summed E-state index contributed by atoms with van der Waals surface area (Å²) in [7, 11) is -2.82. The first kappa shape index (κ1) is 35.3. The molecule has 0 spiro atoms. The van der Waals surface area contributed by atoms with E-state index >= 15 is 0 Å². The molecular weight excluding hydrogens is 581 g/mol. The molecule has 43 heavy (non-hydrogen) atoms. The molecule has 0 fully saturated rings. The highest BCUT2D eigenvalue weighted by atomic mass is 32.1. The summed E-state index contributed by atoms with van der Waals surface area (Å²) in [4.78, 5) is 10.3. The normalized spacial score (nSPS) is 13.5. The standard InChI is InChI=1S/C34H50NO6PS/c1-3-4-5-6-7-8-9-10-11-12-13-14-17-30-18-15-20-32(24-30)39-27-34(38-2)28-40-42(36,37)41-33-21-16-19-31(25-33)26-35-22-23-43-29-35/h15-16,18-25,29,34H,3-14,17,26-28H2,1-2H3/p+1. The molecule has 238 valence electrons. The van der Waals surface area contributed by atoms with Gasteiger partial charge >= 0.3 is 7.82 Å². The zero-order valence-electron chi connectivity index (χ0n) is 26.0. The second kappa shape index (κ2) is 20.7. The van der Waals surface area contributed by atoms with Crippen LogP contribution >= 0.6 is 19.2 Å². The number of phosphoric ester groups is 1. The summed E-state index contributed by atoms with van der Waals surface area (Å²) in [6.45, 7) is 2.95. The Hall–Kier alpha value is -2.22. The van der Waals surface area contributed by atoms with Gasteiger partial charge in [0.1, 0.15) is 24.2 Å². The Morgan fingerprint density at radius 3 is 2.12 bits per heavy atom. The summed E-state index contributed by atoms with van der Waals surface area (Å²) in [6.07, 6.45) is 18.6. The van der Waals surface area contributed by atoms with Crippen LogP contribution in [0.3, 0.4) is 0 Å². The second-order valence-electron chi connectivity index (χ2n) is 11.2. The predicted octanol–water partition coefficient (Wildman–Crippen LogP) is 8.92. The number of aromatic nitrogens is 1. The first-order chi connectivity index (χ1) is 21.0. The van der Waals surface area contributed by atoms with Crippen molar-refractivity contribution in [2.45, 2.75) is 103 Å². The van der Waals surface area contributed by atoms with Gasteiger partial charge in [-0.25, -0.2) is 4.57 Å². The smallest absolute Gasteiger partial charge is 0.491 e. The molecule has 1 aromatic heterocycles. The van der Waals surface area contributed by atoms with Gasteiger partial charge in [-0.3, -0.25) is 9.42 Å². The fourth-order valence-electron chi connectivity index (χ4n) is 4.93. The van der Waals surface area contributed by atoms with Crippen LogP contribution in [0.2, 0.25) is 0 Å². The summed E-state index contributed by atoms with van der Waals surface area (Å²) >= 11 is 1.60. The first-order valence-corrected chi connectivity index (χ1v) is 18.3. The summed E-state index contributed by atoms with van der Waals surface area (Å²) in [5, 5.41) is 1.99. The van der Waals surface area contributed by atoms with Crippen LogP contribution in [0.5, 0.6) is 11.5 Å². The van der Waals surface area contributed by atoms with Crippen LogP contribution < -0.4 is 13.8 Å². The second-order valence-corrected chi connectivity index (χ2v) is 13.3. The Morgan fingerprint density at radius 1 is 0.837 bits per heavy atom. The quantitative estimate of drug-likeness (QED) is 0.0604. The van der Waals surface area contributed by atoms with Crippen LogP contribution in [0.4, 0.5) is 0 Å². The molecule has 0 aliphatic carbocycles. The van der Waals surface area contributed by atoms with E-state index in [2.05, 4.69) is 19.1 Å². The number of ether oxygens (including phenoxy) is 2. The molecule has 0 aliphatic heterocycles. The van der Waals surface area contributed by atoms with Gasteiger partial charge in [-0.2, -0.15) is 4.57 Å². The Bertz CT molecular complexity index is 1190. The third kappa shape index (κ3) is 15.4. The van der Waals surface area contributed by atoms with Gasteiger partial charge in [0.05, 0.1) is 12.0 Å². The van der Waals surface area contributed by atoms with Crippen molar-refractivity contribution in [3.05, 3.63) is 76.7 Å². The lowest BCUT2D eigenvalue weighted by Gasteiger charge is -2.19. The Balaban J connectivity index is 1.31. The number of hydrogen-bond donors (Lipinski definition) is 1. The number of aryl methyl sites for hydroxylation is 1. The van der Waals surface area contributed by atoms with E-state index in [0.717, 1.165) is 17.7 Å². The monoisotopic (exact) mass is 632 g/mol. The number of unbranched alkanes of at least 4 members (excludes halogenated alkanes) is 11. The van der Waals surface area contributed by atoms with Crippen molar-refractivity contribution in [3.63, 3.8) is 0 Å². The van der Waals surface area contributed by atoms with E-state index < -0.39 is 13.9 Å². The van der Waals surface area contributed by atoms with Crippen LogP contribution in [0.25, 0.3) is 0 Å². The molecule has 3 rings (SSSR count). The highest BCUT2D eigenvalue weighted by Gasteiger charge is 2.26. The van der Waals surface area contributed by atoms with Crippen LogP contribution in [0.1, 0.15) is 95.1 Å². The van der Waals surface area contributed by atoms with Gasteiger partial charge in [-0.1, -0.05) is 113 Å². The van der Waals surface area contributed by atoms with Gasteiger partial charge in [0.2, 0.25) is 5.51 Å². The molecular formula is C34H51NO6PS+. The molecule has 2 atom stereocenters. The molecule has 2 unspecified atom stereocenters. The van der Waals surface area contributed by atoms with Crippen molar-refractivity contribution >= 4 is 19.2 Å². The predicted molar refractivity (Wildman–Crippen MR) is 174 cm³/mol. The van der Waals surface area contributed by atoms with Crippen LogP contribution in [0.15, 0.2) is 65.6 Å². The molecule has 9 heteroatoms. The van der Waals surface area contributed by atoms with Crippen molar-refractivity contribution < 1.29 is 32.5 Å². The number of rotatable bonds is 24. The molecule has 7 nitrogen and oxygen atoms in total. The first-order valence-electron chi connectivity index (χ1n) is 15.9. The molecule has 0 bridgehead atoms. The molecule has 1 heterocycles. The SMILES string of the molecule is CCCCCCCCCCCCCCc1cccc(OCC(COP(=O)(O)Oc2cccc(C[n+]3ccsc3)c2)OC)c1. The van der Waals surface area contributed by atoms with E-state index in [9.17, 15) is 9.46 Å². The number of methoxy groups -OCH3 is 1. The maximum Gasteiger partial charge on any atom is 0.527 e. The van der Waals surface area contributed by atoms with Crippen molar-refractivity contribution in [3.8, 4) is 11.5 Å². The highest BCUT2D eigenvalue weighted by molar-refractivity contribution is 7.47. The highest BCUT2D eigenvalue weighted by Crippen LogP contribution is 2.44. The summed E-state index contributed by atoms with van der Waals surface area (Å²) in [5.74, 6) is 1.02. The number of benzene rings is 2. The summed E-state index contributed by atoms with van der Waals surface area (Å²) in [5.41, 5.74) is 4.20. The van der Waals surface area contributed by atoms with E-state index in [1.807, 2.05) is 39.9 Å². The molecule has 0 amide bonds. The summed E-state index contributed by atoms with van der Waals surface area (Å²) in [6, 6.07) is 15.2. The van der Waals surface area contributed by atoms with Gasteiger partial charge < -0.3 is 14.0 Å². The molecule has 0 saturated carbocycles. The maximum absolute atomic E-state index is 12.6. The maximum atomic E-state index is 12.6. The van der Waals surface area contributed by atoms with Gasteiger partial charge in [-0.15, -0.1) is 0 Å². The van der Waals surface area contributed by atoms with E-state index in [-0.39, 0.29) is 19.0 Å². The lowest BCUT2D eigenvalue weighted by atomic mass is 10.0. The fourth-order valence-corrected chi connectivity index (χ4v) is 6.32. The largest absolute Gasteiger partial charge is 0.527 e. The van der Waals surface area contributed by atoms with E-state index in [4.69, 9.17) is 18.5 Å². The molecule has 0 saturated heterocycles. The zero-order valence-corrected chi connectivity index (χ0v) is 27.7. The number of nitrogens with zero attached hydrogens (tertiary/aromatic N) is 1. The number of thiazole rings is 1. The van der Waals surface area contributed by atoms with Crippen molar-refractivity contribution in [2.75, 3.05) is 20.3 Å². The molecule has 0 aliphatic rings. The fraction of sp³-hybridized carbons (Fsp3) is 0.559. The number of hydrogen-bond acceptors (Lipinski definition) is 6. The minimum atomic E-state index is -4.35. The van der Waals surface area contributed by atoms with Crippen molar-refractivity contribution in [1.82, 2.24) is 0 Å². The van der Waals surface area contributed by atoms with Gasteiger partial charge in [-0.05, 0) is 42.7 Å². The van der Waals surface area contributed by atoms with Crippen LogP contribution in [-0.4, -0.2) is 31.3 Å². The van der Waals surface area contributed by atoms with Gasteiger partial charge in [0, 0.05) is 12.7 Å². The summed E-state index contributed by atoms with van der Waals surface area (Å²) < 4.78 is 36.6. The molecule has 1 N–H and O–H groups in total. The zero-order chi connectivity index (χ0) is 30.6. The van der Waals surface area contributed by atoms with E-state index in [1.165, 1.54) is 89.7 Å². The third-order valence-electron chi connectivity index (χ3n) is 7.42. The van der Waals surface area contributed by atoms with Crippen LogP contribution in [-0.2, 0) is 26.8 Å². The molecule has 0 radical (unpaired) electrons. The van der Waals surface area contributed by atoms with Crippen molar-refractivity contribution in [1.29, 1.82) is 0 Å². The minimum absolute atomic E-state index is 0.146. The molecule has 2 aromatic carbocycles. The van der Waals surface area contributed by atoms with Crippen molar-refractivity contribution in [2.24, 2.45) is 0 Å². The van der Waals surface area contributed by atoms with E-state index in [0.29, 0.717) is 6.54 Å². The average molecular weight is 633 g/mol. The average Bonchev–Trinajstić information content (AvgIpc) is 3.51. The van der Waals surface area contributed by atoms with Gasteiger partial charge in [0.15, 0.2) is 12.7 Å². The van der Waals surface area contributed by atoms with Gasteiger partial charge in [0.25, 0.3) is 0 Å². The Morgan fingerprint density at radius 2 is 1.47 bits per heavy atom. The van der Waals surface area contributed by atoms with Crippen LogP contribution in [0, 0.1) is 0 Å². The topological polar surface area (TPSA) is 78.1 Å². The lowest BCUT2D eigenvalue weighted by Crippen LogP contribution is -2.30. The lowest BCUT2D eigenvalue weighted by molar-refractivity contribution is -0.683. The molecule has 3 aromatic rings. The number of phosphoric acid groups is 1. The van der Waals surface area contributed by atoms with E-state index in [1.54, 1.807) is 29.5 Å². The minimum Gasteiger partial charge on any atom is -0.491 e. The Labute approximate surface area is 262 Å². The Kier molecular flexibility index (Phi) is 17.0.